The number of benzene rings is 1. The van der Waals surface area contributed by atoms with Gasteiger partial charge in [0, 0.05) is 12.4 Å². The Hall–Kier alpha value is -1.59. The zero-order valence-electron chi connectivity index (χ0n) is 11.6. The molecule has 1 N–H and O–H groups in total. The summed E-state index contributed by atoms with van der Waals surface area (Å²) in [5.74, 6) is 0.486. The van der Waals surface area contributed by atoms with Crippen LogP contribution in [0.4, 0.5) is 0 Å². The Bertz CT molecular complexity index is 664. The van der Waals surface area contributed by atoms with Crippen molar-refractivity contribution in [3.63, 3.8) is 0 Å². The predicted octanol–water partition coefficient (Wildman–Crippen LogP) is 4.00. The molecule has 1 atom stereocenters. The van der Waals surface area contributed by atoms with Crippen molar-refractivity contribution in [3.8, 4) is 5.75 Å². The van der Waals surface area contributed by atoms with Crippen LogP contribution < -0.4 is 10.1 Å². The maximum absolute atomic E-state index is 12.2. The summed E-state index contributed by atoms with van der Waals surface area (Å²) < 4.78 is 6.02. The van der Waals surface area contributed by atoms with E-state index in [4.69, 9.17) is 16.3 Å². The van der Waals surface area contributed by atoms with Gasteiger partial charge >= 0.3 is 0 Å². The SMILES string of the molecule is COc1ccc(C(C)NC(=O)c2cnccc2Cl)cc1Br. The van der Waals surface area contributed by atoms with E-state index in [-0.39, 0.29) is 11.9 Å². The number of halogens is 2. The molecule has 0 saturated carbocycles. The summed E-state index contributed by atoms with van der Waals surface area (Å²) in [5.41, 5.74) is 1.31. The number of amides is 1. The van der Waals surface area contributed by atoms with E-state index in [1.807, 2.05) is 25.1 Å². The number of carbonyl (C=O) groups is 1. The van der Waals surface area contributed by atoms with Crippen molar-refractivity contribution < 1.29 is 9.53 Å². The Labute approximate surface area is 136 Å². The number of methoxy groups -OCH3 is 1. The third-order valence-electron chi connectivity index (χ3n) is 3.04. The van der Waals surface area contributed by atoms with Crippen LogP contribution in [-0.4, -0.2) is 18.0 Å². The van der Waals surface area contributed by atoms with Crippen molar-refractivity contribution in [2.24, 2.45) is 0 Å². The van der Waals surface area contributed by atoms with E-state index in [0.29, 0.717) is 10.6 Å². The predicted molar refractivity (Wildman–Crippen MR) is 85.8 cm³/mol. The number of hydrogen-bond donors (Lipinski definition) is 1. The Morgan fingerprint density at radius 3 is 2.81 bits per heavy atom. The molecule has 110 valence electrons. The lowest BCUT2D eigenvalue weighted by molar-refractivity contribution is 0.0939. The van der Waals surface area contributed by atoms with Crippen molar-refractivity contribution in [1.82, 2.24) is 10.3 Å². The minimum absolute atomic E-state index is 0.170. The number of nitrogens with one attached hydrogen (secondary N) is 1. The van der Waals surface area contributed by atoms with Crippen molar-refractivity contribution in [3.05, 3.63) is 57.3 Å². The molecule has 1 amide bonds. The van der Waals surface area contributed by atoms with Crippen LogP contribution in [0.25, 0.3) is 0 Å². The van der Waals surface area contributed by atoms with Gasteiger partial charge in [0.15, 0.2) is 0 Å². The molecule has 21 heavy (non-hydrogen) atoms. The van der Waals surface area contributed by atoms with Gasteiger partial charge < -0.3 is 10.1 Å². The van der Waals surface area contributed by atoms with Gasteiger partial charge in [-0.05, 0) is 46.6 Å². The molecule has 6 heteroatoms. The summed E-state index contributed by atoms with van der Waals surface area (Å²) in [6.45, 7) is 1.90. The lowest BCUT2D eigenvalue weighted by Gasteiger charge is -2.16. The summed E-state index contributed by atoms with van der Waals surface area (Å²) >= 11 is 9.42. The molecule has 1 aromatic heterocycles. The van der Waals surface area contributed by atoms with E-state index in [0.717, 1.165) is 15.8 Å². The van der Waals surface area contributed by atoms with Gasteiger partial charge in [-0.15, -0.1) is 0 Å². The first kappa shape index (κ1) is 15.8. The Morgan fingerprint density at radius 2 is 2.19 bits per heavy atom. The largest absolute Gasteiger partial charge is 0.496 e. The van der Waals surface area contributed by atoms with Gasteiger partial charge in [0.05, 0.1) is 28.2 Å². The molecule has 1 heterocycles. The first-order valence-electron chi connectivity index (χ1n) is 6.26. The number of carbonyl (C=O) groups excluding carboxylic acids is 1. The number of aromatic nitrogens is 1. The second-order valence-electron chi connectivity index (χ2n) is 4.44. The molecular formula is C15H14BrClN2O2. The number of hydrogen-bond acceptors (Lipinski definition) is 3. The summed E-state index contributed by atoms with van der Waals surface area (Å²) in [6.07, 6.45) is 3.00. The van der Waals surface area contributed by atoms with Gasteiger partial charge in [-0.2, -0.15) is 0 Å². The summed E-state index contributed by atoms with van der Waals surface area (Å²) in [5, 5.41) is 3.27. The Kier molecular flexibility index (Phi) is 5.20. The van der Waals surface area contributed by atoms with Crippen molar-refractivity contribution in [2.45, 2.75) is 13.0 Å². The highest BCUT2D eigenvalue weighted by Crippen LogP contribution is 2.28. The zero-order chi connectivity index (χ0) is 15.4. The molecule has 2 aromatic rings. The number of rotatable bonds is 4. The fourth-order valence-electron chi connectivity index (χ4n) is 1.85. The maximum Gasteiger partial charge on any atom is 0.254 e. The third-order valence-corrected chi connectivity index (χ3v) is 3.99. The molecule has 1 unspecified atom stereocenters. The highest BCUT2D eigenvalue weighted by Gasteiger charge is 2.15. The number of ether oxygens (including phenoxy) is 1. The fourth-order valence-corrected chi connectivity index (χ4v) is 2.60. The fraction of sp³-hybridized carbons (Fsp3) is 0.200. The molecule has 2 rings (SSSR count). The van der Waals surface area contributed by atoms with Crippen LogP contribution in [0.15, 0.2) is 41.1 Å². The first-order valence-corrected chi connectivity index (χ1v) is 7.44. The minimum atomic E-state index is -0.257. The molecule has 0 aliphatic carbocycles. The van der Waals surface area contributed by atoms with Crippen LogP contribution >= 0.6 is 27.5 Å². The van der Waals surface area contributed by atoms with Crippen molar-refractivity contribution in [2.75, 3.05) is 7.11 Å². The van der Waals surface area contributed by atoms with Crippen LogP contribution in [0.2, 0.25) is 5.02 Å². The average Bonchev–Trinajstić information content (AvgIpc) is 2.47. The van der Waals surface area contributed by atoms with E-state index < -0.39 is 0 Å². The van der Waals surface area contributed by atoms with E-state index in [1.54, 1.807) is 19.4 Å². The van der Waals surface area contributed by atoms with Crippen molar-refractivity contribution in [1.29, 1.82) is 0 Å². The number of nitrogens with zero attached hydrogens (tertiary/aromatic N) is 1. The lowest BCUT2D eigenvalue weighted by atomic mass is 10.1. The van der Waals surface area contributed by atoms with Crippen molar-refractivity contribution >= 4 is 33.4 Å². The van der Waals surface area contributed by atoms with E-state index in [1.165, 1.54) is 6.20 Å². The summed E-state index contributed by atoms with van der Waals surface area (Å²) in [7, 11) is 1.61. The van der Waals surface area contributed by atoms with E-state index in [9.17, 15) is 4.79 Å². The normalized spacial score (nSPS) is 11.8. The van der Waals surface area contributed by atoms with Crippen LogP contribution in [0.5, 0.6) is 5.75 Å². The molecule has 1 aromatic carbocycles. The molecule has 4 nitrogen and oxygen atoms in total. The Balaban J connectivity index is 2.14. The highest BCUT2D eigenvalue weighted by atomic mass is 79.9. The smallest absolute Gasteiger partial charge is 0.254 e. The molecule has 0 saturated heterocycles. The van der Waals surface area contributed by atoms with Crippen LogP contribution in [0, 0.1) is 0 Å². The molecule has 0 aliphatic heterocycles. The van der Waals surface area contributed by atoms with Crippen LogP contribution in [-0.2, 0) is 0 Å². The van der Waals surface area contributed by atoms with Crippen LogP contribution in [0.3, 0.4) is 0 Å². The lowest BCUT2D eigenvalue weighted by Crippen LogP contribution is -2.27. The highest BCUT2D eigenvalue weighted by molar-refractivity contribution is 9.10. The van der Waals surface area contributed by atoms with Crippen LogP contribution in [0.1, 0.15) is 28.9 Å². The van der Waals surface area contributed by atoms with Gasteiger partial charge in [0.2, 0.25) is 0 Å². The first-order chi connectivity index (χ1) is 10.0. The van der Waals surface area contributed by atoms with Gasteiger partial charge in [-0.3, -0.25) is 9.78 Å². The molecule has 0 fully saturated rings. The summed E-state index contributed by atoms with van der Waals surface area (Å²) in [6, 6.07) is 7.08. The zero-order valence-corrected chi connectivity index (χ0v) is 13.9. The van der Waals surface area contributed by atoms with Gasteiger partial charge in [-0.1, -0.05) is 17.7 Å². The summed E-state index contributed by atoms with van der Waals surface area (Å²) in [4.78, 5) is 16.1. The van der Waals surface area contributed by atoms with Gasteiger partial charge in [0.25, 0.3) is 5.91 Å². The molecule has 0 spiro atoms. The van der Waals surface area contributed by atoms with E-state index >= 15 is 0 Å². The Morgan fingerprint density at radius 1 is 1.43 bits per heavy atom. The second kappa shape index (κ2) is 6.91. The molecular weight excluding hydrogens is 356 g/mol. The molecule has 0 bridgehead atoms. The average molecular weight is 370 g/mol. The second-order valence-corrected chi connectivity index (χ2v) is 5.71. The maximum atomic E-state index is 12.2. The van der Waals surface area contributed by atoms with E-state index in [2.05, 4.69) is 26.2 Å². The molecule has 0 radical (unpaired) electrons. The third kappa shape index (κ3) is 3.74. The number of pyridine rings is 1. The standard InChI is InChI=1S/C15H14BrClN2O2/c1-9(10-3-4-14(21-2)12(16)7-10)19-15(20)11-8-18-6-5-13(11)17/h3-9H,1-2H3,(H,19,20). The monoisotopic (exact) mass is 368 g/mol. The molecule has 0 aliphatic rings. The van der Waals surface area contributed by atoms with Gasteiger partial charge in [-0.25, -0.2) is 0 Å². The topological polar surface area (TPSA) is 51.2 Å². The minimum Gasteiger partial charge on any atom is -0.496 e. The quantitative estimate of drug-likeness (QED) is 0.886. The van der Waals surface area contributed by atoms with Gasteiger partial charge in [0.1, 0.15) is 5.75 Å².